The van der Waals surface area contributed by atoms with Crippen molar-refractivity contribution in [1.82, 2.24) is 25.2 Å². The Kier molecular flexibility index (Phi) is 6.46. The van der Waals surface area contributed by atoms with Gasteiger partial charge < -0.3 is 25.8 Å². The molecule has 0 spiro atoms. The van der Waals surface area contributed by atoms with E-state index in [9.17, 15) is 24.4 Å². The number of nitrogens with one attached hydrogen (secondary N) is 1. The molecule has 2 bridgehead atoms. The summed E-state index contributed by atoms with van der Waals surface area (Å²) in [4.78, 5) is 18.2. The van der Waals surface area contributed by atoms with Crippen molar-refractivity contribution in [2.24, 2.45) is 0 Å². The molecule has 3 aromatic heterocycles. The first-order chi connectivity index (χ1) is 21.8. The summed E-state index contributed by atoms with van der Waals surface area (Å²) in [6.07, 6.45) is 3.24. The Balaban J connectivity index is 1.32. The molecule has 1 aromatic carbocycles. The van der Waals surface area contributed by atoms with Crippen LogP contribution in [0.15, 0.2) is 12.1 Å². The molecular formula is C31H29F2N9O2S. The summed E-state index contributed by atoms with van der Waals surface area (Å²) < 4.78 is 36.1. The van der Waals surface area contributed by atoms with E-state index in [-0.39, 0.29) is 63.1 Å². The number of nitriles is 2. The first-order valence-corrected chi connectivity index (χ1v) is 15.9. The SMILES string of the molecule is N#Cc1nc2c(N3CC4CCC(C3)N4)nc(OC[C@@]34CCCN3C[C@H](F)C4)nc2c(O)c1-c1cc(F)cc2sc(N)c(C#N)c12. The summed E-state index contributed by atoms with van der Waals surface area (Å²) in [6, 6.07) is 7.06. The highest BCUT2D eigenvalue weighted by molar-refractivity contribution is 7.23. The van der Waals surface area contributed by atoms with E-state index >= 15 is 0 Å². The van der Waals surface area contributed by atoms with Crippen LogP contribution in [-0.4, -0.2) is 81.5 Å². The maximum Gasteiger partial charge on any atom is 0.319 e. The van der Waals surface area contributed by atoms with Gasteiger partial charge in [-0.25, -0.2) is 13.8 Å². The zero-order chi connectivity index (χ0) is 31.0. The molecule has 45 heavy (non-hydrogen) atoms. The number of halogens is 2. The van der Waals surface area contributed by atoms with Crippen LogP contribution < -0.4 is 20.7 Å². The molecule has 7 heterocycles. The summed E-state index contributed by atoms with van der Waals surface area (Å²) in [7, 11) is 0. The van der Waals surface area contributed by atoms with Gasteiger partial charge in [0.15, 0.2) is 17.3 Å². The average molecular weight is 630 g/mol. The number of fused-ring (bicyclic) bond motifs is 5. The minimum Gasteiger partial charge on any atom is -0.505 e. The number of nitrogens with zero attached hydrogens (tertiary/aromatic N) is 7. The smallest absolute Gasteiger partial charge is 0.319 e. The molecule has 4 saturated heterocycles. The number of anilines is 2. The normalized spacial score (nSPS) is 26.0. The number of hydrogen-bond donors (Lipinski definition) is 3. The number of rotatable bonds is 5. The van der Waals surface area contributed by atoms with E-state index in [0.29, 0.717) is 42.0 Å². The van der Waals surface area contributed by atoms with Crippen LogP contribution in [0, 0.1) is 28.5 Å². The molecule has 14 heteroatoms. The van der Waals surface area contributed by atoms with E-state index in [1.54, 1.807) is 0 Å². The first kappa shape index (κ1) is 28.1. The fourth-order valence-electron chi connectivity index (χ4n) is 7.85. The summed E-state index contributed by atoms with van der Waals surface area (Å²) in [5.41, 5.74) is 5.91. The van der Waals surface area contributed by atoms with Crippen LogP contribution in [0.4, 0.5) is 19.6 Å². The van der Waals surface area contributed by atoms with Crippen molar-refractivity contribution in [3.05, 3.63) is 29.2 Å². The zero-order valence-corrected chi connectivity index (χ0v) is 25.0. The minimum absolute atomic E-state index is 0.00144. The van der Waals surface area contributed by atoms with E-state index in [1.807, 2.05) is 0 Å². The van der Waals surface area contributed by atoms with Crippen molar-refractivity contribution in [2.45, 2.75) is 55.9 Å². The molecule has 0 amide bonds. The molecule has 230 valence electrons. The average Bonchev–Trinajstić information content (AvgIpc) is 3.74. The fraction of sp³-hybridized carbons (Fsp3) is 0.452. The highest BCUT2D eigenvalue weighted by atomic mass is 32.1. The second-order valence-electron chi connectivity index (χ2n) is 12.5. The number of nitrogens with two attached hydrogens (primary N) is 1. The fourth-order valence-corrected chi connectivity index (χ4v) is 8.82. The van der Waals surface area contributed by atoms with Gasteiger partial charge >= 0.3 is 6.01 Å². The molecule has 2 unspecified atom stereocenters. The maximum atomic E-state index is 15.0. The Labute approximate surface area is 260 Å². The van der Waals surface area contributed by atoms with E-state index in [1.165, 1.54) is 6.07 Å². The molecule has 8 rings (SSSR count). The van der Waals surface area contributed by atoms with Crippen LogP contribution in [0.25, 0.3) is 32.2 Å². The van der Waals surface area contributed by atoms with E-state index in [2.05, 4.69) is 37.2 Å². The van der Waals surface area contributed by atoms with Gasteiger partial charge in [-0.15, -0.1) is 11.3 Å². The third-order valence-electron chi connectivity index (χ3n) is 9.78. The first-order valence-electron chi connectivity index (χ1n) is 15.1. The Morgan fingerprint density at radius 2 is 1.93 bits per heavy atom. The van der Waals surface area contributed by atoms with Crippen LogP contribution in [0.3, 0.4) is 0 Å². The molecular weight excluding hydrogens is 600 g/mol. The lowest BCUT2D eigenvalue weighted by Crippen LogP contribution is -2.51. The number of piperazine rings is 1. The standard InChI is InChI=1S/C31H29F2N9O2S/c32-15-6-19(23-20(9-34)28(36)45-22(23)7-15)24-21(10-35)38-26-25(27(24)43)39-30(40-29(26)41-12-17-2-3-18(13-41)37-17)44-14-31-4-1-5-42(31)11-16(33)8-31/h6-7,16-18,37H,1-5,8,11-14,36H2,(H,38,43)/t16-,17?,18?,31+/m1/s1. The monoisotopic (exact) mass is 629 g/mol. The van der Waals surface area contributed by atoms with E-state index in [0.717, 1.165) is 49.6 Å². The number of benzene rings is 1. The minimum atomic E-state index is -0.925. The molecule has 4 atom stereocenters. The molecule has 0 saturated carbocycles. The number of aromatic hydroxyl groups is 1. The number of alkyl halides is 1. The Bertz CT molecular complexity index is 1960. The second-order valence-corrected chi connectivity index (χ2v) is 13.6. The van der Waals surface area contributed by atoms with E-state index in [4.69, 9.17) is 15.5 Å². The summed E-state index contributed by atoms with van der Waals surface area (Å²) in [5, 5.41) is 36.2. The van der Waals surface area contributed by atoms with Gasteiger partial charge in [-0.05, 0) is 44.4 Å². The van der Waals surface area contributed by atoms with Gasteiger partial charge in [0.05, 0.1) is 16.7 Å². The molecule has 4 fully saturated rings. The molecule has 0 radical (unpaired) electrons. The summed E-state index contributed by atoms with van der Waals surface area (Å²) in [5.74, 6) is -0.614. The predicted octanol–water partition coefficient (Wildman–Crippen LogP) is 3.97. The molecule has 4 aliphatic heterocycles. The molecule has 0 aliphatic carbocycles. The van der Waals surface area contributed by atoms with Crippen molar-refractivity contribution in [3.8, 4) is 35.0 Å². The van der Waals surface area contributed by atoms with Crippen LogP contribution in [-0.2, 0) is 0 Å². The van der Waals surface area contributed by atoms with E-state index < -0.39 is 23.3 Å². The number of pyridine rings is 1. The number of hydrogen-bond acceptors (Lipinski definition) is 12. The summed E-state index contributed by atoms with van der Waals surface area (Å²) in [6.45, 7) is 2.65. The van der Waals surface area contributed by atoms with Crippen molar-refractivity contribution in [2.75, 3.05) is 43.4 Å². The number of aromatic nitrogens is 3. The predicted molar refractivity (Wildman–Crippen MR) is 164 cm³/mol. The van der Waals surface area contributed by atoms with Crippen molar-refractivity contribution >= 4 is 43.3 Å². The molecule has 4 aliphatic rings. The second kappa shape index (κ2) is 10.3. The number of thiophene rings is 1. The molecule has 4 aromatic rings. The third-order valence-corrected chi connectivity index (χ3v) is 10.7. The Morgan fingerprint density at radius 3 is 2.69 bits per heavy atom. The largest absolute Gasteiger partial charge is 0.505 e. The third kappa shape index (κ3) is 4.42. The van der Waals surface area contributed by atoms with Gasteiger partial charge in [-0.3, -0.25) is 4.90 Å². The van der Waals surface area contributed by atoms with Crippen molar-refractivity contribution in [1.29, 1.82) is 10.5 Å². The van der Waals surface area contributed by atoms with Gasteiger partial charge in [-0.2, -0.15) is 20.5 Å². The Morgan fingerprint density at radius 1 is 1.13 bits per heavy atom. The van der Waals surface area contributed by atoms with Crippen molar-refractivity contribution in [3.63, 3.8) is 0 Å². The highest BCUT2D eigenvalue weighted by Gasteiger charge is 2.49. The lowest BCUT2D eigenvalue weighted by Gasteiger charge is -2.34. The lowest BCUT2D eigenvalue weighted by atomic mass is 9.95. The van der Waals surface area contributed by atoms with Crippen LogP contribution >= 0.6 is 11.3 Å². The van der Waals surface area contributed by atoms with Crippen molar-refractivity contribution < 1.29 is 18.6 Å². The Hall–Kier alpha value is -4.37. The van der Waals surface area contributed by atoms with Gasteiger partial charge in [0.1, 0.15) is 46.8 Å². The molecule has 11 nitrogen and oxygen atoms in total. The maximum absolute atomic E-state index is 15.0. The number of ether oxygens (including phenoxy) is 1. The van der Waals surface area contributed by atoms with Gasteiger partial charge in [0.25, 0.3) is 0 Å². The lowest BCUT2D eigenvalue weighted by molar-refractivity contribution is 0.107. The number of nitrogen functional groups attached to an aromatic ring is 1. The molecule has 4 N–H and O–H groups in total. The summed E-state index contributed by atoms with van der Waals surface area (Å²) >= 11 is 1.05. The van der Waals surface area contributed by atoms with Crippen LogP contribution in [0.2, 0.25) is 0 Å². The van der Waals surface area contributed by atoms with Crippen LogP contribution in [0.1, 0.15) is 43.4 Å². The van der Waals surface area contributed by atoms with Gasteiger partial charge in [-0.1, -0.05) is 0 Å². The highest BCUT2D eigenvalue weighted by Crippen LogP contribution is 2.47. The zero-order valence-electron chi connectivity index (χ0n) is 24.2. The van der Waals surface area contributed by atoms with Crippen LogP contribution in [0.5, 0.6) is 11.8 Å². The quantitative estimate of drug-likeness (QED) is 0.293. The van der Waals surface area contributed by atoms with Gasteiger partial charge in [0, 0.05) is 53.8 Å². The van der Waals surface area contributed by atoms with Gasteiger partial charge in [0.2, 0.25) is 0 Å². The topological polar surface area (TPSA) is 160 Å².